The molecule has 5 aromatic rings. The average molecular weight is 510 g/mol. The fourth-order valence-corrected chi connectivity index (χ4v) is 6.99. The van der Waals surface area contributed by atoms with Gasteiger partial charge in [-0.3, -0.25) is 0 Å². The van der Waals surface area contributed by atoms with E-state index in [2.05, 4.69) is 23.3 Å². The molecular formula is C31H27NO2S2. The number of rotatable bonds is 8. The summed E-state index contributed by atoms with van der Waals surface area (Å²) >= 11 is 1.56. The number of hydrogen-bond donors (Lipinski definition) is 0. The number of benzene rings is 3. The number of allylic oxidation sites excluding steroid dienone is 1. The summed E-state index contributed by atoms with van der Waals surface area (Å²) in [6.45, 7) is 6.46. The Morgan fingerprint density at radius 3 is 2.14 bits per heavy atom. The Hall–Kier alpha value is -3.67. The molecule has 5 rings (SSSR count). The molecule has 0 saturated heterocycles. The van der Waals surface area contributed by atoms with Gasteiger partial charge in [0.15, 0.2) is 0 Å². The van der Waals surface area contributed by atoms with Crippen LogP contribution < -0.4 is 0 Å². The molecule has 2 heterocycles. The van der Waals surface area contributed by atoms with E-state index in [1.165, 1.54) is 0 Å². The predicted octanol–water partition coefficient (Wildman–Crippen LogP) is 7.80. The first kappa shape index (κ1) is 24.0. The predicted molar refractivity (Wildman–Crippen MR) is 149 cm³/mol. The van der Waals surface area contributed by atoms with E-state index in [0.717, 1.165) is 33.5 Å². The van der Waals surface area contributed by atoms with Crippen LogP contribution in [-0.4, -0.2) is 13.0 Å². The number of nitrogens with zero attached hydrogens (tertiary/aromatic N) is 1. The molecule has 3 aromatic carbocycles. The highest BCUT2D eigenvalue weighted by molar-refractivity contribution is 7.91. The molecule has 0 bridgehead atoms. The van der Waals surface area contributed by atoms with Gasteiger partial charge in [0.05, 0.1) is 10.6 Å². The van der Waals surface area contributed by atoms with Crippen LogP contribution in [0.5, 0.6) is 0 Å². The quantitative estimate of drug-likeness (QED) is 0.200. The first-order valence-electron chi connectivity index (χ1n) is 11.8. The normalized spacial score (nSPS) is 11.5. The van der Waals surface area contributed by atoms with Gasteiger partial charge in [-0.15, -0.1) is 6.58 Å². The van der Waals surface area contributed by atoms with Crippen molar-refractivity contribution < 1.29 is 8.42 Å². The monoisotopic (exact) mass is 509 g/mol. The van der Waals surface area contributed by atoms with Crippen LogP contribution >= 0.6 is 11.3 Å². The topological polar surface area (TPSA) is 39.1 Å². The SMILES string of the molecule is C=CCn1c(Cc2ccccc2)c(-c2ccccc2)c(S(=O)(=O)c2ccc(C)cc2)c1-c1ccsc1. The van der Waals surface area contributed by atoms with Crippen LogP contribution in [0.1, 0.15) is 16.8 Å². The second kappa shape index (κ2) is 10.1. The van der Waals surface area contributed by atoms with Crippen LogP contribution in [0.4, 0.5) is 0 Å². The molecule has 0 unspecified atom stereocenters. The van der Waals surface area contributed by atoms with Crippen molar-refractivity contribution in [3.05, 3.63) is 131 Å². The molecule has 0 amide bonds. The van der Waals surface area contributed by atoms with Crippen molar-refractivity contribution in [2.45, 2.75) is 29.7 Å². The number of hydrogen-bond acceptors (Lipinski definition) is 3. The van der Waals surface area contributed by atoms with Crippen molar-refractivity contribution in [1.29, 1.82) is 0 Å². The second-order valence-electron chi connectivity index (χ2n) is 8.76. The summed E-state index contributed by atoms with van der Waals surface area (Å²) in [6, 6.07) is 29.2. The standard InChI is InChI=1S/C31H27NO2S2/c1-3-19-32-28(21-24-10-6-4-7-11-24)29(25-12-8-5-9-13-25)31(30(32)26-18-20-35-22-26)36(33,34)27-16-14-23(2)15-17-27/h3-18,20,22H,1,19,21H2,2H3. The van der Waals surface area contributed by atoms with Crippen molar-refractivity contribution >= 4 is 21.2 Å². The maximum Gasteiger partial charge on any atom is 0.209 e. The highest BCUT2D eigenvalue weighted by atomic mass is 32.2. The Kier molecular flexibility index (Phi) is 6.77. The van der Waals surface area contributed by atoms with E-state index in [9.17, 15) is 8.42 Å². The fraction of sp³-hybridized carbons (Fsp3) is 0.0968. The third-order valence-corrected chi connectivity index (χ3v) is 8.82. The molecule has 0 aliphatic carbocycles. The number of sulfone groups is 1. The zero-order valence-electron chi connectivity index (χ0n) is 20.1. The lowest BCUT2D eigenvalue weighted by molar-refractivity contribution is 0.596. The summed E-state index contributed by atoms with van der Waals surface area (Å²) < 4.78 is 31.0. The first-order chi connectivity index (χ1) is 17.5. The Morgan fingerprint density at radius 2 is 1.53 bits per heavy atom. The smallest absolute Gasteiger partial charge is 0.209 e. The van der Waals surface area contributed by atoms with Gasteiger partial charge in [-0.25, -0.2) is 8.42 Å². The Labute approximate surface area is 216 Å². The Morgan fingerprint density at radius 1 is 0.861 bits per heavy atom. The molecule has 0 fully saturated rings. The maximum atomic E-state index is 14.4. The lowest BCUT2D eigenvalue weighted by Crippen LogP contribution is -2.06. The molecule has 36 heavy (non-hydrogen) atoms. The van der Waals surface area contributed by atoms with Crippen molar-refractivity contribution in [3.8, 4) is 22.4 Å². The molecule has 0 radical (unpaired) electrons. The largest absolute Gasteiger partial charge is 0.339 e. The zero-order chi connectivity index (χ0) is 25.1. The van der Waals surface area contributed by atoms with Gasteiger partial charge in [0.2, 0.25) is 9.84 Å². The number of thiophene rings is 1. The summed E-state index contributed by atoms with van der Waals surface area (Å²) in [5.41, 5.74) is 6.33. The van der Waals surface area contributed by atoms with E-state index in [0.29, 0.717) is 28.5 Å². The molecule has 3 nitrogen and oxygen atoms in total. The lowest BCUT2D eigenvalue weighted by Gasteiger charge is -2.13. The van der Waals surface area contributed by atoms with E-state index in [1.54, 1.807) is 23.5 Å². The van der Waals surface area contributed by atoms with Crippen LogP contribution in [-0.2, 0) is 22.8 Å². The van der Waals surface area contributed by atoms with Gasteiger partial charge in [0.1, 0.15) is 4.90 Å². The minimum atomic E-state index is -3.85. The van der Waals surface area contributed by atoms with Gasteiger partial charge in [-0.2, -0.15) is 11.3 Å². The molecule has 180 valence electrons. The fourth-order valence-electron chi connectivity index (χ4n) is 4.63. The summed E-state index contributed by atoms with van der Waals surface area (Å²) in [5.74, 6) is 0. The summed E-state index contributed by atoms with van der Waals surface area (Å²) in [6.07, 6.45) is 2.43. The molecule has 0 aliphatic rings. The maximum absolute atomic E-state index is 14.4. The van der Waals surface area contributed by atoms with Crippen LogP contribution in [0.2, 0.25) is 0 Å². The van der Waals surface area contributed by atoms with Gasteiger partial charge in [-0.1, -0.05) is 84.4 Å². The average Bonchev–Trinajstić information content (AvgIpc) is 3.53. The molecule has 5 heteroatoms. The van der Waals surface area contributed by atoms with E-state index >= 15 is 0 Å². The van der Waals surface area contributed by atoms with Crippen molar-refractivity contribution in [1.82, 2.24) is 4.57 Å². The Balaban J connectivity index is 1.91. The molecule has 0 saturated carbocycles. The molecule has 0 aliphatic heterocycles. The molecule has 0 spiro atoms. The van der Waals surface area contributed by atoms with Gasteiger partial charge >= 0.3 is 0 Å². The van der Waals surface area contributed by atoms with Crippen LogP contribution in [0.3, 0.4) is 0 Å². The highest BCUT2D eigenvalue weighted by Gasteiger charge is 2.33. The third kappa shape index (κ3) is 4.48. The molecule has 0 N–H and O–H groups in total. The summed E-state index contributed by atoms with van der Waals surface area (Å²) in [5, 5.41) is 4.01. The van der Waals surface area contributed by atoms with Crippen LogP contribution in [0.15, 0.2) is 124 Å². The number of aryl methyl sites for hydroxylation is 1. The van der Waals surface area contributed by atoms with E-state index in [1.807, 2.05) is 90.5 Å². The zero-order valence-corrected chi connectivity index (χ0v) is 21.7. The number of aromatic nitrogens is 1. The third-order valence-electron chi connectivity index (χ3n) is 6.31. The van der Waals surface area contributed by atoms with Crippen molar-refractivity contribution in [3.63, 3.8) is 0 Å². The van der Waals surface area contributed by atoms with E-state index < -0.39 is 9.84 Å². The minimum Gasteiger partial charge on any atom is -0.339 e. The minimum absolute atomic E-state index is 0.295. The van der Waals surface area contributed by atoms with Crippen LogP contribution in [0.25, 0.3) is 22.4 Å². The van der Waals surface area contributed by atoms with E-state index in [-0.39, 0.29) is 0 Å². The van der Waals surface area contributed by atoms with Crippen molar-refractivity contribution in [2.75, 3.05) is 0 Å². The highest BCUT2D eigenvalue weighted by Crippen LogP contribution is 2.45. The lowest BCUT2D eigenvalue weighted by atomic mass is 10.0. The van der Waals surface area contributed by atoms with E-state index in [4.69, 9.17) is 0 Å². The van der Waals surface area contributed by atoms with Gasteiger partial charge in [-0.05, 0) is 41.6 Å². The van der Waals surface area contributed by atoms with Crippen molar-refractivity contribution in [2.24, 2.45) is 0 Å². The molecular weight excluding hydrogens is 482 g/mol. The molecule has 0 atom stereocenters. The molecule has 2 aromatic heterocycles. The summed E-state index contributed by atoms with van der Waals surface area (Å²) in [7, 11) is -3.85. The van der Waals surface area contributed by atoms with Gasteiger partial charge in [0.25, 0.3) is 0 Å². The Bertz CT molecular complexity index is 1580. The first-order valence-corrected chi connectivity index (χ1v) is 14.2. The second-order valence-corrected chi connectivity index (χ2v) is 11.4. The van der Waals surface area contributed by atoms with Gasteiger partial charge < -0.3 is 4.57 Å². The van der Waals surface area contributed by atoms with Gasteiger partial charge in [0, 0.05) is 35.2 Å². The van der Waals surface area contributed by atoms with Crippen LogP contribution in [0, 0.1) is 6.92 Å². The summed E-state index contributed by atoms with van der Waals surface area (Å²) in [4.78, 5) is 0.646.